The van der Waals surface area contributed by atoms with Gasteiger partial charge in [-0.05, 0) is 37.3 Å². The van der Waals surface area contributed by atoms with Gasteiger partial charge in [0.05, 0.1) is 18.7 Å². The Morgan fingerprint density at radius 3 is 3.05 bits per heavy atom. The predicted molar refractivity (Wildman–Crippen MR) is 85.6 cm³/mol. The molecule has 3 atom stereocenters. The standard InChI is InChI=1S/C17H25N3O/c1-12(21)15-10-18-16(20-15)19-11-17(2)9-5-7-13-6-3-4-8-14(13)17/h3-4,6,8,12,15,21H,5,7,9-11H2,1-2H3,(H2,18,19,20). The normalized spacial score (nSPS) is 29.3. The summed E-state index contributed by atoms with van der Waals surface area (Å²) in [4.78, 5) is 4.44. The van der Waals surface area contributed by atoms with Gasteiger partial charge in [0.15, 0.2) is 5.96 Å². The summed E-state index contributed by atoms with van der Waals surface area (Å²) in [5.74, 6) is 0.824. The zero-order chi connectivity index (χ0) is 14.9. The number of nitrogens with zero attached hydrogens (tertiary/aromatic N) is 1. The van der Waals surface area contributed by atoms with E-state index in [1.807, 2.05) is 0 Å². The minimum Gasteiger partial charge on any atom is -0.391 e. The zero-order valence-corrected chi connectivity index (χ0v) is 12.9. The number of aryl methyl sites for hydroxylation is 1. The first kappa shape index (κ1) is 14.4. The summed E-state index contributed by atoms with van der Waals surface area (Å²) in [5.41, 5.74) is 3.10. The van der Waals surface area contributed by atoms with Crippen molar-refractivity contribution >= 4 is 5.96 Å². The van der Waals surface area contributed by atoms with Crippen LogP contribution in [-0.4, -0.2) is 36.3 Å². The first-order chi connectivity index (χ1) is 10.1. The van der Waals surface area contributed by atoms with Crippen molar-refractivity contribution in [3.05, 3.63) is 35.4 Å². The largest absolute Gasteiger partial charge is 0.391 e. The van der Waals surface area contributed by atoms with Gasteiger partial charge >= 0.3 is 0 Å². The smallest absolute Gasteiger partial charge is 0.191 e. The van der Waals surface area contributed by atoms with Crippen LogP contribution in [0.4, 0.5) is 0 Å². The Hall–Kier alpha value is -1.55. The molecule has 3 rings (SSSR count). The van der Waals surface area contributed by atoms with Crippen molar-refractivity contribution in [1.82, 2.24) is 10.6 Å². The van der Waals surface area contributed by atoms with E-state index in [1.54, 1.807) is 6.92 Å². The zero-order valence-electron chi connectivity index (χ0n) is 12.9. The highest BCUT2D eigenvalue weighted by atomic mass is 16.3. The van der Waals surface area contributed by atoms with Gasteiger partial charge in [0.2, 0.25) is 0 Å². The van der Waals surface area contributed by atoms with E-state index in [2.05, 4.69) is 46.8 Å². The maximum absolute atomic E-state index is 9.60. The average Bonchev–Trinajstić information content (AvgIpc) is 2.95. The maximum Gasteiger partial charge on any atom is 0.191 e. The van der Waals surface area contributed by atoms with Crippen LogP contribution in [0.15, 0.2) is 29.3 Å². The Balaban J connectivity index is 1.66. The highest BCUT2D eigenvalue weighted by Crippen LogP contribution is 2.36. The topological polar surface area (TPSA) is 56.7 Å². The number of hydrogen-bond acceptors (Lipinski definition) is 4. The number of aliphatic hydroxyl groups excluding tert-OH is 1. The summed E-state index contributed by atoms with van der Waals surface area (Å²) in [6, 6.07) is 8.82. The predicted octanol–water partition coefficient (Wildman–Crippen LogP) is 1.58. The van der Waals surface area contributed by atoms with Crippen LogP contribution in [0.2, 0.25) is 0 Å². The molecular weight excluding hydrogens is 262 g/mol. The second-order valence-corrected chi connectivity index (χ2v) is 6.61. The molecule has 2 aliphatic rings. The molecule has 4 heteroatoms. The lowest BCUT2D eigenvalue weighted by Gasteiger charge is -2.36. The maximum atomic E-state index is 9.60. The molecule has 21 heavy (non-hydrogen) atoms. The Morgan fingerprint density at radius 2 is 2.29 bits per heavy atom. The minimum absolute atomic E-state index is 0.0407. The Morgan fingerprint density at radius 1 is 1.48 bits per heavy atom. The summed E-state index contributed by atoms with van der Waals surface area (Å²) in [7, 11) is 0. The number of aliphatic imine (C=N–C) groups is 1. The minimum atomic E-state index is -0.376. The van der Waals surface area contributed by atoms with Gasteiger partial charge in [0, 0.05) is 12.0 Å². The fourth-order valence-electron chi connectivity index (χ4n) is 3.43. The molecule has 1 aliphatic heterocycles. The van der Waals surface area contributed by atoms with Crippen LogP contribution >= 0.6 is 0 Å². The quantitative estimate of drug-likeness (QED) is 0.791. The SMILES string of the molecule is CC(O)C1CN=C(NCC2(C)CCCc3ccccc32)N1. The van der Waals surface area contributed by atoms with Crippen LogP contribution in [0.3, 0.4) is 0 Å². The van der Waals surface area contributed by atoms with Crippen LogP contribution < -0.4 is 10.6 Å². The van der Waals surface area contributed by atoms with Crippen molar-refractivity contribution in [1.29, 1.82) is 0 Å². The van der Waals surface area contributed by atoms with Crippen molar-refractivity contribution < 1.29 is 5.11 Å². The molecule has 114 valence electrons. The molecular formula is C17H25N3O. The molecule has 0 aromatic heterocycles. The van der Waals surface area contributed by atoms with Crippen LogP contribution in [0.1, 0.15) is 37.8 Å². The molecule has 1 aliphatic carbocycles. The Labute approximate surface area is 126 Å². The first-order valence-electron chi connectivity index (χ1n) is 7.90. The molecule has 3 unspecified atom stereocenters. The van der Waals surface area contributed by atoms with Crippen LogP contribution in [0, 0.1) is 0 Å². The van der Waals surface area contributed by atoms with E-state index in [0.29, 0.717) is 6.54 Å². The van der Waals surface area contributed by atoms with E-state index >= 15 is 0 Å². The fraction of sp³-hybridized carbons (Fsp3) is 0.588. The molecule has 4 nitrogen and oxygen atoms in total. The highest BCUT2D eigenvalue weighted by Gasteiger charge is 2.32. The number of benzene rings is 1. The van der Waals surface area contributed by atoms with Gasteiger partial charge in [-0.15, -0.1) is 0 Å². The molecule has 0 spiro atoms. The van der Waals surface area contributed by atoms with Crippen LogP contribution in [-0.2, 0) is 11.8 Å². The molecule has 3 N–H and O–H groups in total. The summed E-state index contributed by atoms with van der Waals surface area (Å²) < 4.78 is 0. The number of aliphatic hydroxyl groups is 1. The van der Waals surface area contributed by atoms with E-state index in [4.69, 9.17) is 0 Å². The van der Waals surface area contributed by atoms with Crippen molar-refractivity contribution in [3.8, 4) is 0 Å². The lowest BCUT2D eigenvalue weighted by Crippen LogP contribution is -2.48. The van der Waals surface area contributed by atoms with Gasteiger partial charge in [-0.3, -0.25) is 4.99 Å². The molecule has 0 bridgehead atoms. The second kappa shape index (κ2) is 5.68. The van der Waals surface area contributed by atoms with Crippen molar-refractivity contribution in [2.75, 3.05) is 13.1 Å². The van der Waals surface area contributed by atoms with Crippen molar-refractivity contribution in [2.24, 2.45) is 4.99 Å². The first-order valence-corrected chi connectivity index (χ1v) is 7.90. The fourth-order valence-corrected chi connectivity index (χ4v) is 3.43. The van der Waals surface area contributed by atoms with E-state index in [-0.39, 0.29) is 17.6 Å². The lowest BCUT2D eigenvalue weighted by molar-refractivity contribution is 0.161. The molecule has 1 aromatic carbocycles. The highest BCUT2D eigenvalue weighted by molar-refractivity contribution is 5.82. The molecule has 0 radical (unpaired) electrons. The third-order valence-electron chi connectivity index (χ3n) is 4.84. The van der Waals surface area contributed by atoms with E-state index in [0.717, 1.165) is 12.5 Å². The molecule has 1 aromatic rings. The van der Waals surface area contributed by atoms with E-state index < -0.39 is 0 Å². The third kappa shape index (κ3) is 2.91. The summed E-state index contributed by atoms with van der Waals surface area (Å²) in [5, 5.41) is 16.3. The number of nitrogens with one attached hydrogen (secondary N) is 2. The Bertz CT molecular complexity index is 541. The third-order valence-corrected chi connectivity index (χ3v) is 4.84. The molecule has 1 heterocycles. The van der Waals surface area contributed by atoms with Gasteiger partial charge < -0.3 is 15.7 Å². The van der Waals surface area contributed by atoms with Gasteiger partial charge in [0.1, 0.15) is 0 Å². The van der Waals surface area contributed by atoms with Gasteiger partial charge in [-0.25, -0.2) is 0 Å². The van der Waals surface area contributed by atoms with Crippen molar-refractivity contribution in [2.45, 2.75) is 50.7 Å². The summed E-state index contributed by atoms with van der Waals surface area (Å²) in [6.07, 6.45) is 3.25. The number of hydrogen-bond donors (Lipinski definition) is 3. The van der Waals surface area contributed by atoms with E-state index in [9.17, 15) is 5.11 Å². The molecule has 0 fully saturated rings. The monoisotopic (exact) mass is 287 g/mol. The van der Waals surface area contributed by atoms with Crippen LogP contribution in [0.25, 0.3) is 0 Å². The van der Waals surface area contributed by atoms with Gasteiger partial charge in [0.25, 0.3) is 0 Å². The second-order valence-electron chi connectivity index (χ2n) is 6.61. The molecule has 0 amide bonds. The van der Waals surface area contributed by atoms with E-state index in [1.165, 1.54) is 30.4 Å². The van der Waals surface area contributed by atoms with Gasteiger partial charge in [-0.1, -0.05) is 31.2 Å². The number of guanidine groups is 1. The Kier molecular flexibility index (Phi) is 3.89. The van der Waals surface area contributed by atoms with Crippen molar-refractivity contribution in [3.63, 3.8) is 0 Å². The number of rotatable bonds is 3. The summed E-state index contributed by atoms with van der Waals surface area (Å²) >= 11 is 0. The van der Waals surface area contributed by atoms with Gasteiger partial charge in [-0.2, -0.15) is 0 Å². The van der Waals surface area contributed by atoms with Crippen LogP contribution in [0.5, 0.6) is 0 Å². The summed E-state index contributed by atoms with van der Waals surface area (Å²) in [6.45, 7) is 5.66. The number of fused-ring (bicyclic) bond motifs is 1. The molecule has 0 saturated carbocycles. The average molecular weight is 287 g/mol. The lowest BCUT2D eigenvalue weighted by atomic mass is 9.71. The molecule has 0 saturated heterocycles.